The minimum absolute atomic E-state index is 0.104. The lowest BCUT2D eigenvalue weighted by atomic mass is 10.0. The molecule has 5 atom stereocenters. The molecule has 0 aliphatic heterocycles. The van der Waals surface area contributed by atoms with Crippen LogP contribution in [0.1, 0.15) is 395 Å². The van der Waals surface area contributed by atoms with Crippen LogP contribution in [0.5, 0.6) is 0 Å². The van der Waals surface area contributed by atoms with Gasteiger partial charge in [0.1, 0.15) is 19.3 Å². The third-order valence-corrected chi connectivity index (χ3v) is 19.8. The van der Waals surface area contributed by atoms with Crippen molar-refractivity contribution in [1.29, 1.82) is 0 Å². The molecule has 0 rings (SSSR count). The molecule has 0 radical (unpaired) electrons. The first-order chi connectivity index (χ1) is 46.2. The molecule has 2 unspecified atom stereocenters. The molecule has 0 heterocycles. The van der Waals surface area contributed by atoms with Crippen molar-refractivity contribution in [2.45, 2.75) is 414 Å². The van der Waals surface area contributed by atoms with Gasteiger partial charge in [-0.1, -0.05) is 344 Å². The molecule has 96 heavy (non-hydrogen) atoms. The first-order valence-electron chi connectivity index (χ1n) is 39.8. The van der Waals surface area contributed by atoms with Crippen LogP contribution in [0.15, 0.2) is 0 Å². The standard InChI is InChI=1S/C77H150O17P2/c1-8-9-10-11-12-13-14-21-25-28-37-44-51-58-74(79)87-64-72(93-76(81)60-53-46-39-29-26-23-20-18-16-15-17-19-22-24-27-34-41-48-55-68(2)3)66-91-95(83,84)89-62-71(78)63-90-96(85,86)92-67-73(94-77(82)61-54-47-40-33-31-36-43-50-57-70(6)7)65-88-75(80)59-52-45-38-32-30-35-42-49-56-69(4)5/h68-73,78H,8-67H2,1-7H3,(H,83,84)(H,85,86)/t71-,72-,73-/m1/s1. The fourth-order valence-electron chi connectivity index (χ4n) is 11.8. The van der Waals surface area contributed by atoms with Crippen molar-refractivity contribution in [2.75, 3.05) is 39.6 Å². The maximum atomic E-state index is 13.1. The van der Waals surface area contributed by atoms with Gasteiger partial charge >= 0.3 is 39.5 Å². The third kappa shape index (κ3) is 70.5. The van der Waals surface area contributed by atoms with Gasteiger partial charge in [-0.15, -0.1) is 0 Å². The van der Waals surface area contributed by atoms with Gasteiger partial charge in [0.15, 0.2) is 12.2 Å². The lowest BCUT2D eigenvalue weighted by Crippen LogP contribution is -2.30. The zero-order chi connectivity index (χ0) is 70.9. The van der Waals surface area contributed by atoms with Gasteiger partial charge in [0.05, 0.1) is 26.4 Å². The number of ether oxygens (including phenoxy) is 4. The average molecular weight is 1410 g/mol. The summed E-state index contributed by atoms with van der Waals surface area (Å²) in [7, 11) is -9.91. The average Bonchev–Trinajstić information content (AvgIpc) is 1.63. The molecule has 0 aromatic rings. The molecule has 570 valence electrons. The van der Waals surface area contributed by atoms with Crippen molar-refractivity contribution in [3.8, 4) is 0 Å². The second-order valence-electron chi connectivity index (χ2n) is 29.2. The summed E-state index contributed by atoms with van der Waals surface area (Å²) in [4.78, 5) is 72.8. The predicted octanol–water partition coefficient (Wildman–Crippen LogP) is 22.6. The molecule has 0 saturated heterocycles. The number of rotatable bonds is 75. The fraction of sp³-hybridized carbons (Fsp3) is 0.948. The maximum Gasteiger partial charge on any atom is 0.472 e. The van der Waals surface area contributed by atoms with Crippen molar-refractivity contribution in [1.82, 2.24) is 0 Å². The molecule has 0 aliphatic rings. The Morgan fingerprint density at radius 1 is 0.281 bits per heavy atom. The summed E-state index contributed by atoms with van der Waals surface area (Å²) < 4.78 is 68.5. The molecule has 0 amide bonds. The molecule has 0 aromatic heterocycles. The van der Waals surface area contributed by atoms with Gasteiger partial charge in [0.2, 0.25) is 0 Å². The number of unbranched alkanes of at least 4 members (excludes halogenated alkanes) is 43. The largest absolute Gasteiger partial charge is 0.472 e. The van der Waals surface area contributed by atoms with E-state index in [1.54, 1.807) is 0 Å². The molecular weight excluding hydrogens is 1260 g/mol. The second-order valence-corrected chi connectivity index (χ2v) is 32.1. The number of aliphatic hydroxyl groups excluding tert-OH is 1. The van der Waals surface area contributed by atoms with E-state index in [-0.39, 0.29) is 25.7 Å². The minimum atomic E-state index is -4.96. The smallest absolute Gasteiger partial charge is 0.462 e. The number of phosphoric ester groups is 2. The van der Waals surface area contributed by atoms with Gasteiger partial charge in [0.25, 0.3) is 0 Å². The lowest BCUT2D eigenvalue weighted by Gasteiger charge is -2.21. The van der Waals surface area contributed by atoms with Gasteiger partial charge < -0.3 is 33.8 Å². The van der Waals surface area contributed by atoms with Crippen molar-refractivity contribution in [2.24, 2.45) is 17.8 Å². The summed E-state index contributed by atoms with van der Waals surface area (Å²) in [5.41, 5.74) is 0. The SMILES string of the molecule is CCCCCCCCCCCCCCCC(=O)OC[C@H](COP(=O)(O)OC[C@@H](O)COP(=O)(O)OC[C@@H](COC(=O)CCCCCCCCCCC(C)C)OC(=O)CCCCCCCCCCC(C)C)OC(=O)CCCCCCCCCCCCCCCCCCCCC(C)C. The lowest BCUT2D eigenvalue weighted by molar-refractivity contribution is -0.161. The Hall–Kier alpha value is -1.94. The Kier molecular flexibility index (Phi) is 66.2. The van der Waals surface area contributed by atoms with E-state index in [2.05, 4.69) is 48.5 Å². The highest BCUT2D eigenvalue weighted by Crippen LogP contribution is 2.45. The Bertz CT molecular complexity index is 1870. The van der Waals surface area contributed by atoms with Gasteiger partial charge in [0, 0.05) is 25.7 Å². The van der Waals surface area contributed by atoms with Crippen LogP contribution in [-0.4, -0.2) is 96.7 Å². The van der Waals surface area contributed by atoms with E-state index in [0.29, 0.717) is 25.7 Å². The van der Waals surface area contributed by atoms with Crippen molar-refractivity contribution in [3.63, 3.8) is 0 Å². The quantitative estimate of drug-likeness (QED) is 0.0222. The number of carbonyl (C=O) groups is 4. The van der Waals surface area contributed by atoms with Crippen LogP contribution in [0.3, 0.4) is 0 Å². The van der Waals surface area contributed by atoms with E-state index in [1.807, 2.05) is 0 Å². The summed E-state index contributed by atoms with van der Waals surface area (Å²) in [5.74, 6) is 0.147. The van der Waals surface area contributed by atoms with Crippen molar-refractivity contribution < 1.29 is 80.2 Å². The van der Waals surface area contributed by atoms with Crippen molar-refractivity contribution in [3.05, 3.63) is 0 Å². The zero-order valence-corrected chi connectivity index (χ0v) is 64.6. The Morgan fingerprint density at radius 2 is 0.479 bits per heavy atom. The van der Waals surface area contributed by atoms with Crippen LogP contribution in [0, 0.1) is 17.8 Å². The van der Waals surface area contributed by atoms with Gasteiger partial charge in [-0.05, 0) is 43.4 Å². The van der Waals surface area contributed by atoms with Crippen LogP contribution in [-0.2, 0) is 65.4 Å². The number of phosphoric acid groups is 2. The van der Waals surface area contributed by atoms with E-state index in [9.17, 15) is 43.2 Å². The molecule has 19 heteroatoms. The third-order valence-electron chi connectivity index (χ3n) is 17.9. The molecule has 0 spiro atoms. The summed E-state index contributed by atoms with van der Waals surface area (Å²) in [6, 6.07) is 0. The highest BCUT2D eigenvalue weighted by molar-refractivity contribution is 7.47. The zero-order valence-electron chi connectivity index (χ0n) is 62.8. The highest BCUT2D eigenvalue weighted by Gasteiger charge is 2.30. The van der Waals surface area contributed by atoms with Crippen LogP contribution < -0.4 is 0 Å². The minimum Gasteiger partial charge on any atom is -0.462 e. The summed E-state index contributed by atoms with van der Waals surface area (Å²) >= 11 is 0. The number of aliphatic hydroxyl groups is 1. The van der Waals surface area contributed by atoms with Crippen LogP contribution in [0.25, 0.3) is 0 Å². The predicted molar refractivity (Wildman–Crippen MR) is 391 cm³/mol. The normalized spacial score (nSPS) is 14.1. The molecular formula is C77H150O17P2. The molecule has 0 fully saturated rings. The Labute approximate surface area is 588 Å². The van der Waals surface area contributed by atoms with Crippen LogP contribution >= 0.6 is 15.6 Å². The van der Waals surface area contributed by atoms with Crippen LogP contribution in [0.2, 0.25) is 0 Å². The first-order valence-corrected chi connectivity index (χ1v) is 42.8. The van der Waals surface area contributed by atoms with E-state index >= 15 is 0 Å². The molecule has 3 N–H and O–H groups in total. The Balaban J connectivity index is 5.20. The number of hydrogen-bond donors (Lipinski definition) is 3. The van der Waals surface area contributed by atoms with Crippen molar-refractivity contribution >= 4 is 39.5 Å². The van der Waals surface area contributed by atoms with E-state index in [4.69, 9.17) is 37.0 Å². The van der Waals surface area contributed by atoms with E-state index < -0.39 is 97.5 Å². The Morgan fingerprint density at radius 3 is 0.708 bits per heavy atom. The molecule has 0 saturated carbocycles. The second kappa shape index (κ2) is 67.5. The maximum absolute atomic E-state index is 13.1. The number of carbonyl (C=O) groups excluding carboxylic acids is 4. The molecule has 0 bridgehead atoms. The van der Waals surface area contributed by atoms with E-state index in [0.717, 1.165) is 108 Å². The highest BCUT2D eigenvalue weighted by atomic mass is 31.2. The monoisotopic (exact) mass is 1410 g/mol. The number of esters is 4. The summed E-state index contributed by atoms with van der Waals surface area (Å²) in [6.45, 7) is 11.9. The fourth-order valence-corrected chi connectivity index (χ4v) is 13.4. The summed E-state index contributed by atoms with van der Waals surface area (Å²) in [5, 5.41) is 10.6. The van der Waals surface area contributed by atoms with Gasteiger partial charge in [-0.2, -0.15) is 0 Å². The van der Waals surface area contributed by atoms with Gasteiger partial charge in [-0.3, -0.25) is 37.3 Å². The van der Waals surface area contributed by atoms with Gasteiger partial charge in [-0.25, -0.2) is 9.13 Å². The molecule has 0 aromatic carbocycles. The first kappa shape index (κ1) is 94.1. The molecule has 0 aliphatic carbocycles. The summed E-state index contributed by atoms with van der Waals surface area (Å²) in [6.07, 6.45) is 54.2. The topological polar surface area (TPSA) is 237 Å². The van der Waals surface area contributed by atoms with Crippen LogP contribution in [0.4, 0.5) is 0 Å². The number of hydrogen-bond acceptors (Lipinski definition) is 15. The van der Waals surface area contributed by atoms with E-state index in [1.165, 1.54) is 205 Å². The molecule has 17 nitrogen and oxygen atoms in total.